The highest BCUT2D eigenvalue weighted by molar-refractivity contribution is 7.99. The topological polar surface area (TPSA) is 78.4 Å². The molecule has 0 saturated heterocycles. The van der Waals surface area contributed by atoms with E-state index >= 15 is 0 Å². The second-order valence-electron chi connectivity index (χ2n) is 6.77. The molecule has 1 rings (SSSR count). The van der Waals surface area contributed by atoms with E-state index in [1.54, 1.807) is 11.8 Å². The fourth-order valence-electron chi connectivity index (χ4n) is 2.46. The Kier molecular flexibility index (Phi) is 6.38. The fraction of sp³-hybridized carbons (Fsp3) is 0.867. The minimum atomic E-state index is -0.793. The summed E-state index contributed by atoms with van der Waals surface area (Å²) in [5, 5.41) is 15.1. The number of carboxylic acids is 1. The van der Waals surface area contributed by atoms with Crippen LogP contribution in [0.1, 0.15) is 46.5 Å². The maximum absolute atomic E-state index is 11.9. The zero-order chi connectivity index (χ0) is 16.1. The van der Waals surface area contributed by atoms with Gasteiger partial charge in [0.25, 0.3) is 0 Å². The lowest BCUT2D eigenvalue weighted by atomic mass is 9.71. The summed E-state index contributed by atoms with van der Waals surface area (Å²) in [5.74, 6) is -0.215. The van der Waals surface area contributed by atoms with E-state index in [1.165, 1.54) is 0 Å². The largest absolute Gasteiger partial charge is 0.481 e. The van der Waals surface area contributed by atoms with Crippen LogP contribution in [0.25, 0.3) is 0 Å². The average Bonchev–Trinajstić information content (AvgIpc) is 2.45. The molecule has 0 aromatic heterocycles. The molecule has 0 aromatic carbocycles. The molecule has 0 aliphatic heterocycles. The molecule has 0 radical (unpaired) electrons. The van der Waals surface area contributed by atoms with Crippen LogP contribution in [0.3, 0.4) is 0 Å². The molecule has 6 heteroatoms. The second kappa shape index (κ2) is 7.38. The van der Waals surface area contributed by atoms with Crippen LogP contribution < -0.4 is 10.6 Å². The third-order valence-electron chi connectivity index (χ3n) is 4.50. The first kappa shape index (κ1) is 18.1. The molecule has 1 saturated carbocycles. The van der Waals surface area contributed by atoms with E-state index in [0.717, 1.165) is 12.8 Å². The molecular weight excluding hydrogens is 288 g/mol. The summed E-state index contributed by atoms with van der Waals surface area (Å²) in [6.07, 6.45) is 5.10. The van der Waals surface area contributed by atoms with E-state index in [2.05, 4.69) is 31.4 Å². The predicted molar refractivity (Wildman–Crippen MR) is 86.7 cm³/mol. The molecule has 0 bridgehead atoms. The molecule has 3 N–H and O–H groups in total. The quantitative estimate of drug-likeness (QED) is 0.704. The van der Waals surface area contributed by atoms with Gasteiger partial charge in [-0.2, -0.15) is 11.8 Å². The van der Waals surface area contributed by atoms with Crippen LogP contribution in [-0.4, -0.2) is 41.2 Å². The van der Waals surface area contributed by atoms with Gasteiger partial charge >= 0.3 is 12.0 Å². The van der Waals surface area contributed by atoms with E-state index in [-0.39, 0.29) is 17.3 Å². The van der Waals surface area contributed by atoms with Crippen LogP contribution in [0.4, 0.5) is 4.79 Å². The summed E-state index contributed by atoms with van der Waals surface area (Å²) in [7, 11) is 0. The van der Waals surface area contributed by atoms with Crippen molar-refractivity contribution in [3.63, 3.8) is 0 Å². The van der Waals surface area contributed by atoms with Gasteiger partial charge in [-0.25, -0.2) is 4.79 Å². The number of carbonyl (C=O) groups is 2. The molecule has 2 amide bonds. The average molecular weight is 316 g/mol. The first-order chi connectivity index (χ1) is 9.71. The zero-order valence-corrected chi connectivity index (χ0v) is 14.3. The molecule has 5 nitrogen and oxygen atoms in total. The van der Waals surface area contributed by atoms with Crippen LogP contribution in [-0.2, 0) is 4.79 Å². The number of nitrogens with one attached hydrogen (secondary N) is 2. The minimum absolute atomic E-state index is 0.0257. The molecule has 0 unspecified atom stereocenters. The Morgan fingerprint density at radius 2 is 1.86 bits per heavy atom. The monoisotopic (exact) mass is 316 g/mol. The molecule has 122 valence electrons. The number of rotatable bonds is 6. The Morgan fingerprint density at radius 1 is 1.29 bits per heavy atom. The van der Waals surface area contributed by atoms with Gasteiger partial charge in [-0.3, -0.25) is 4.79 Å². The lowest BCUT2D eigenvalue weighted by Crippen LogP contribution is -2.49. The summed E-state index contributed by atoms with van der Waals surface area (Å²) in [5.41, 5.74) is -0.793. The first-order valence-corrected chi connectivity index (χ1v) is 8.73. The van der Waals surface area contributed by atoms with Crippen LogP contribution in [0, 0.1) is 11.3 Å². The molecule has 0 heterocycles. The Hall–Kier alpha value is -0.910. The van der Waals surface area contributed by atoms with Crippen molar-refractivity contribution in [3.05, 3.63) is 0 Å². The highest BCUT2D eigenvalue weighted by atomic mass is 32.2. The van der Waals surface area contributed by atoms with E-state index in [4.69, 9.17) is 0 Å². The lowest BCUT2D eigenvalue weighted by molar-refractivity contribution is -0.151. The van der Waals surface area contributed by atoms with Crippen molar-refractivity contribution in [2.45, 2.75) is 51.2 Å². The van der Waals surface area contributed by atoms with Gasteiger partial charge < -0.3 is 15.7 Å². The van der Waals surface area contributed by atoms with Crippen molar-refractivity contribution >= 4 is 23.8 Å². The molecule has 1 aliphatic rings. The number of aliphatic carboxylic acids is 1. The van der Waals surface area contributed by atoms with Gasteiger partial charge in [0, 0.05) is 17.8 Å². The van der Waals surface area contributed by atoms with E-state index in [1.807, 2.05) is 6.26 Å². The van der Waals surface area contributed by atoms with Crippen molar-refractivity contribution in [1.82, 2.24) is 10.6 Å². The lowest BCUT2D eigenvalue weighted by Gasteiger charge is -2.35. The van der Waals surface area contributed by atoms with Crippen LogP contribution >= 0.6 is 11.8 Å². The summed E-state index contributed by atoms with van der Waals surface area (Å²) < 4.78 is -0.0257. The standard InChI is InChI=1S/C15H28N2O3S/c1-11-5-7-15(8-6-11,12(18)19)10-17-13(20)16-9-14(2,3)21-4/h11H,5-10H2,1-4H3,(H,18,19)(H2,16,17,20). The molecule has 21 heavy (non-hydrogen) atoms. The number of hydrogen-bond donors (Lipinski definition) is 3. The molecule has 1 aliphatic carbocycles. The molecule has 0 aromatic rings. The maximum Gasteiger partial charge on any atom is 0.314 e. The predicted octanol–water partition coefficient (Wildman–Crippen LogP) is 2.71. The highest BCUT2D eigenvalue weighted by Crippen LogP contribution is 2.38. The summed E-state index contributed by atoms with van der Waals surface area (Å²) >= 11 is 1.68. The van der Waals surface area contributed by atoms with Gasteiger partial charge in [0.05, 0.1) is 5.41 Å². The number of hydrogen-bond acceptors (Lipinski definition) is 3. The number of thioether (sulfide) groups is 1. The fourth-order valence-corrected chi connectivity index (χ4v) is 2.67. The number of carbonyl (C=O) groups excluding carboxylic acids is 1. The number of urea groups is 1. The van der Waals surface area contributed by atoms with Crippen molar-refractivity contribution < 1.29 is 14.7 Å². The minimum Gasteiger partial charge on any atom is -0.481 e. The van der Waals surface area contributed by atoms with Crippen molar-refractivity contribution in [2.24, 2.45) is 11.3 Å². The summed E-state index contributed by atoms with van der Waals surface area (Å²) in [4.78, 5) is 23.4. The van der Waals surface area contributed by atoms with E-state index < -0.39 is 11.4 Å². The van der Waals surface area contributed by atoms with Crippen LogP contribution in [0.5, 0.6) is 0 Å². The normalized spacial score (nSPS) is 26.2. The molecule has 0 spiro atoms. The van der Waals surface area contributed by atoms with Crippen molar-refractivity contribution in [3.8, 4) is 0 Å². The Bertz CT molecular complexity index is 377. The zero-order valence-electron chi connectivity index (χ0n) is 13.5. The van der Waals surface area contributed by atoms with Crippen molar-refractivity contribution in [1.29, 1.82) is 0 Å². The smallest absolute Gasteiger partial charge is 0.314 e. The summed E-state index contributed by atoms with van der Waals surface area (Å²) in [6, 6.07) is -0.281. The SMILES string of the molecule is CSC(C)(C)CNC(=O)NCC1(C(=O)O)CCC(C)CC1. The van der Waals surface area contributed by atoms with Crippen LogP contribution in [0.2, 0.25) is 0 Å². The molecular formula is C15H28N2O3S. The van der Waals surface area contributed by atoms with Crippen LogP contribution in [0.15, 0.2) is 0 Å². The third-order valence-corrected chi connectivity index (χ3v) is 5.75. The maximum atomic E-state index is 11.9. The molecule has 0 atom stereocenters. The van der Waals surface area contributed by atoms with Gasteiger partial charge in [0.1, 0.15) is 0 Å². The van der Waals surface area contributed by atoms with Gasteiger partial charge in [0.15, 0.2) is 0 Å². The van der Waals surface area contributed by atoms with E-state index in [9.17, 15) is 14.7 Å². The number of carboxylic acid groups (broad SMARTS) is 1. The van der Waals surface area contributed by atoms with Gasteiger partial charge in [-0.05, 0) is 51.7 Å². The van der Waals surface area contributed by atoms with Gasteiger partial charge in [0.2, 0.25) is 0 Å². The second-order valence-corrected chi connectivity index (χ2v) is 8.28. The third kappa shape index (κ3) is 5.41. The molecule has 1 fully saturated rings. The highest BCUT2D eigenvalue weighted by Gasteiger charge is 2.41. The number of amides is 2. The Labute approximate surface area is 131 Å². The first-order valence-electron chi connectivity index (χ1n) is 7.51. The Balaban J connectivity index is 2.47. The van der Waals surface area contributed by atoms with Gasteiger partial charge in [-0.15, -0.1) is 0 Å². The van der Waals surface area contributed by atoms with Gasteiger partial charge in [-0.1, -0.05) is 6.92 Å². The summed E-state index contributed by atoms with van der Waals surface area (Å²) in [6.45, 7) is 7.02. The van der Waals surface area contributed by atoms with E-state index in [0.29, 0.717) is 25.3 Å². The Morgan fingerprint density at radius 3 is 2.33 bits per heavy atom. The van der Waals surface area contributed by atoms with Crippen molar-refractivity contribution in [2.75, 3.05) is 19.3 Å².